The number of hydrogen-bond acceptors (Lipinski definition) is 4. The van der Waals surface area contributed by atoms with Crippen LogP contribution in [0.25, 0.3) is 0 Å². The van der Waals surface area contributed by atoms with Crippen LogP contribution in [-0.2, 0) is 0 Å². The van der Waals surface area contributed by atoms with Crippen LogP contribution in [0.15, 0.2) is 24.3 Å². The van der Waals surface area contributed by atoms with Crippen molar-refractivity contribution >= 4 is 5.78 Å². The number of nitrogens with zero attached hydrogens (tertiary/aromatic N) is 1. The Kier molecular flexibility index (Phi) is 5.56. The van der Waals surface area contributed by atoms with Crippen molar-refractivity contribution in [3.63, 3.8) is 0 Å². The van der Waals surface area contributed by atoms with Crippen LogP contribution in [0.5, 0.6) is 5.75 Å². The minimum Gasteiger partial charge on any atom is -0.494 e. The standard InChI is InChI=1S/C16H24N2O2/c1-3-20-15-6-4-14(5-7-15)16(19)12-13(2)18-10-8-17-9-11-18/h4-7,13,17H,3,8-12H2,1-2H3. The molecule has 1 heterocycles. The van der Waals surface area contributed by atoms with Crippen LogP contribution in [0, 0.1) is 0 Å². The molecule has 1 aliphatic rings. The van der Waals surface area contributed by atoms with E-state index in [-0.39, 0.29) is 5.78 Å². The highest BCUT2D eigenvalue weighted by Gasteiger charge is 2.19. The molecule has 1 fully saturated rings. The van der Waals surface area contributed by atoms with Gasteiger partial charge in [-0.25, -0.2) is 0 Å². The third kappa shape index (κ3) is 4.05. The second kappa shape index (κ2) is 7.41. The van der Waals surface area contributed by atoms with Gasteiger partial charge in [0.1, 0.15) is 5.75 Å². The number of piperazine rings is 1. The lowest BCUT2D eigenvalue weighted by Crippen LogP contribution is -2.48. The molecule has 1 unspecified atom stereocenters. The van der Waals surface area contributed by atoms with Gasteiger partial charge in [0.15, 0.2) is 5.78 Å². The zero-order chi connectivity index (χ0) is 14.4. The van der Waals surface area contributed by atoms with E-state index in [1.165, 1.54) is 0 Å². The van der Waals surface area contributed by atoms with Crippen molar-refractivity contribution in [2.45, 2.75) is 26.3 Å². The Morgan fingerprint density at radius 1 is 1.30 bits per heavy atom. The van der Waals surface area contributed by atoms with Crippen molar-refractivity contribution < 1.29 is 9.53 Å². The van der Waals surface area contributed by atoms with E-state index in [2.05, 4.69) is 17.1 Å². The van der Waals surface area contributed by atoms with Crippen molar-refractivity contribution in [3.8, 4) is 5.75 Å². The van der Waals surface area contributed by atoms with Gasteiger partial charge in [0, 0.05) is 44.2 Å². The minimum absolute atomic E-state index is 0.207. The lowest BCUT2D eigenvalue weighted by atomic mass is 10.0. The SMILES string of the molecule is CCOc1ccc(C(=O)CC(C)N2CCNCC2)cc1. The smallest absolute Gasteiger partial charge is 0.164 e. The van der Waals surface area contributed by atoms with Gasteiger partial charge in [-0.05, 0) is 38.1 Å². The van der Waals surface area contributed by atoms with Crippen molar-refractivity contribution in [1.82, 2.24) is 10.2 Å². The lowest BCUT2D eigenvalue weighted by molar-refractivity contribution is 0.0918. The van der Waals surface area contributed by atoms with Crippen LogP contribution in [0.3, 0.4) is 0 Å². The van der Waals surface area contributed by atoms with Crippen LogP contribution in [0.2, 0.25) is 0 Å². The molecule has 0 spiro atoms. The third-order valence-electron chi connectivity index (χ3n) is 3.74. The number of hydrogen-bond donors (Lipinski definition) is 1. The van der Waals surface area contributed by atoms with Gasteiger partial charge >= 0.3 is 0 Å². The number of carbonyl (C=O) groups excluding carboxylic acids is 1. The van der Waals surface area contributed by atoms with Crippen LogP contribution >= 0.6 is 0 Å². The fourth-order valence-corrected chi connectivity index (χ4v) is 2.54. The van der Waals surface area contributed by atoms with Crippen molar-refractivity contribution in [2.24, 2.45) is 0 Å². The molecule has 0 aromatic heterocycles. The van der Waals surface area contributed by atoms with E-state index in [0.717, 1.165) is 37.5 Å². The van der Waals surface area contributed by atoms with Gasteiger partial charge in [-0.1, -0.05) is 0 Å². The Bertz CT molecular complexity index is 425. The van der Waals surface area contributed by atoms with Crippen LogP contribution in [-0.4, -0.2) is 49.5 Å². The number of benzene rings is 1. The maximum absolute atomic E-state index is 12.3. The molecular formula is C16H24N2O2. The summed E-state index contributed by atoms with van der Waals surface area (Å²) in [5, 5.41) is 3.33. The fourth-order valence-electron chi connectivity index (χ4n) is 2.54. The van der Waals surface area contributed by atoms with E-state index in [0.29, 0.717) is 19.1 Å². The summed E-state index contributed by atoms with van der Waals surface area (Å²) in [5.41, 5.74) is 0.774. The molecule has 4 nitrogen and oxygen atoms in total. The van der Waals surface area contributed by atoms with E-state index in [1.54, 1.807) is 0 Å². The summed E-state index contributed by atoms with van der Waals surface area (Å²) in [5.74, 6) is 1.03. The Morgan fingerprint density at radius 3 is 2.55 bits per heavy atom. The van der Waals surface area contributed by atoms with Crippen LogP contribution in [0.1, 0.15) is 30.6 Å². The van der Waals surface area contributed by atoms with Crippen LogP contribution in [0.4, 0.5) is 0 Å². The number of rotatable bonds is 6. The molecule has 0 bridgehead atoms. The van der Waals surface area contributed by atoms with Crippen molar-refractivity contribution in [3.05, 3.63) is 29.8 Å². The van der Waals surface area contributed by atoms with E-state index in [9.17, 15) is 4.79 Å². The van der Waals surface area contributed by atoms with Gasteiger partial charge in [-0.2, -0.15) is 0 Å². The molecule has 0 radical (unpaired) electrons. The lowest BCUT2D eigenvalue weighted by Gasteiger charge is -2.32. The number of ether oxygens (including phenoxy) is 1. The molecule has 1 aliphatic heterocycles. The number of ketones is 1. The summed E-state index contributed by atoms with van der Waals surface area (Å²) >= 11 is 0. The predicted octanol–water partition coefficient (Wildman–Crippen LogP) is 1.95. The summed E-state index contributed by atoms with van der Waals surface area (Å²) in [6.07, 6.45) is 0.577. The second-order valence-corrected chi connectivity index (χ2v) is 5.22. The zero-order valence-electron chi connectivity index (χ0n) is 12.4. The average molecular weight is 276 g/mol. The van der Waals surface area contributed by atoms with Gasteiger partial charge in [-0.15, -0.1) is 0 Å². The molecule has 0 aliphatic carbocycles. The molecule has 2 rings (SSSR count). The molecule has 0 amide bonds. The maximum Gasteiger partial charge on any atom is 0.164 e. The molecule has 1 atom stereocenters. The summed E-state index contributed by atoms with van der Waals surface area (Å²) < 4.78 is 5.39. The minimum atomic E-state index is 0.207. The Morgan fingerprint density at radius 2 is 1.95 bits per heavy atom. The maximum atomic E-state index is 12.3. The average Bonchev–Trinajstić information content (AvgIpc) is 2.49. The quantitative estimate of drug-likeness (QED) is 0.806. The van der Waals surface area contributed by atoms with E-state index in [1.807, 2.05) is 31.2 Å². The van der Waals surface area contributed by atoms with Crippen molar-refractivity contribution in [2.75, 3.05) is 32.8 Å². The normalized spacial score (nSPS) is 17.7. The summed E-state index contributed by atoms with van der Waals surface area (Å²) in [7, 11) is 0. The van der Waals surface area contributed by atoms with E-state index >= 15 is 0 Å². The summed E-state index contributed by atoms with van der Waals surface area (Å²) in [6.45, 7) is 8.82. The van der Waals surface area contributed by atoms with Crippen LogP contribution < -0.4 is 10.1 Å². The first-order valence-corrected chi connectivity index (χ1v) is 7.41. The Hall–Kier alpha value is -1.39. The molecule has 1 aromatic rings. The first-order chi connectivity index (χ1) is 9.70. The fraction of sp³-hybridized carbons (Fsp3) is 0.562. The highest BCUT2D eigenvalue weighted by atomic mass is 16.5. The zero-order valence-corrected chi connectivity index (χ0v) is 12.4. The van der Waals surface area contributed by atoms with Gasteiger partial charge in [0.2, 0.25) is 0 Å². The third-order valence-corrected chi connectivity index (χ3v) is 3.74. The van der Waals surface area contributed by atoms with Gasteiger partial charge in [0.05, 0.1) is 6.61 Å². The molecule has 20 heavy (non-hydrogen) atoms. The number of Topliss-reactive ketones (excluding diaryl/α,β-unsaturated/α-hetero) is 1. The first-order valence-electron chi connectivity index (χ1n) is 7.41. The van der Waals surface area contributed by atoms with E-state index < -0.39 is 0 Å². The molecule has 1 N–H and O–H groups in total. The summed E-state index contributed by atoms with van der Waals surface area (Å²) in [6, 6.07) is 7.75. The molecular weight excluding hydrogens is 252 g/mol. The Balaban J connectivity index is 1.89. The molecule has 110 valence electrons. The van der Waals surface area contributed by atoms with Gasteiger partial charge in [-0.3, -0.25) is 9.69 Å². The highest BCUT2D eigenvalue weighted by Crippen LogP contribution is 2.15. The Labute approximate surface area is 121 Å². The number of nitrogens with one attached hydrogen (secondary N) is 1. The predicted molar refractivity (Wildman–Crippen MR) is 80.5 cm³/mol. The first kappa shape index (κ1) is 15.0. The van der Waals surface area contributed by atoms with Gasteiger partial charge < -0.3 is 10.1 Å². The molecule has 1 saturated heterocycles. The summed E-state index contributed by atoms with van der Waals surface area (Å²) in [4.78, 5) is 14.7. The van der Waals surface area contributed by atoms with Gasteiger partial charge in [0.25, 0.3) is 0 Å². The monoisotopic (exact) mass is 276 g/mol. The second-order valence-electron chi connectivity index (χ2n) is 5.22. The topological polar surface area (TPSA) is 41.6 Å². The largest absolute Gasteiger partial charge is 0.494 e. The molecule has 1 aromatic carbocycles. The molecule has 0 saturated carbocycles. The molecule has 4 heteroatoms. The number of carbonyl (C=O) groups is 1. The highest BCUT2D eigenvalue weighted by molar-refractivity contribution is 5.96. The van der Waals surface area contributed by atoms with E-state index in [4.69, 9.17) is 4.74 Å². The van der Waals surface area contributed by atoms with Crippen molar-refractivity contribution in [1.29, 1.82) is 0 Å².